The summed E-state index contributed by atoms with van der Waals surface area (Å²) in [6.07, 6.45) is 0.755. The van der Waals surface area contributed by atoms with Gasteiger partial charge < -0.3 is 39.5 Å². The van der Waals surface area contributed by atoms with Gasteiger partial charge in [-0.3, -0.25) is 4.57 Å². The molecule has 1 saturated carbocycles. The van der Waals surface area contributed by atoms with Gasteiger partial charge >= 0.3 is 7.60 Å². The first kappa shape index (κ1) is 25.7. The van der Waals surface area contributed by atoms with Crippen molar-refractivity contribution in [2.45, 2.75) is 68.5 Å². The average Bonchev–Trinajstić information content (AvgIpc) is 3.48. The second-order valence-electron chi connectivity index (χ2n) is 8.80. The minimum Gasteiger partial charge on any atom is -0.387 e. The molecule has 5 atom stereocenters. The van der Waals surface area contributed by atoms with Crippen LogP contribution in [0, 0.1) is 0 Å². The first-order valence-corrected chi connectivity index (χ1v) is 12.9. The molecule has 0 spiro atoms. The van der Waals surface area contributed by atoms with Gasteiger partial charge in [-0.15, -0.1) is 0 Å². The lowest BCUT2D eigenvalue weighted by Crippen LogP contribution is -2.40. The Morgan fingerprint density at radius 3 is 2.65 bits per heavy atom. The molecule has 34 heavy (non-hydrogen) atoms. The number of aromatic nitrogens is 4. The number of nitrogens with zero attached hydrogens (tertiary/aromatic N) is 4. The Hall–Kier alpha value is -1.41. The number of hydrogen-bond acceptors (Lipinski definition) is 10. The highest BCUT2D eigenvalue weighted by molar-refractivity contribution is 7.53. The minimum absolute atomic E-state index is 0.0142. The zero-order chi connectivity index (χ0) is 24.7. The summed E-state index contributed by atoms with van der Waals surface area (Å²) in [4.78, 5) is 27.8. The molecule has 13 nitrogen and oxygen atoms in total. The number of nitrogens with one attached hydrogen (secondary N) is 1. The van der Waals surface area contributed by atoms with E-state index in [4.69, 9.17) is 25.8 Å². The maximum atomic E-state index is 11.9. The SMILES string of the molecule is COCC(C)(OCC1O[C@@H](n2ncc3c(NC4CCCC4)nc(Cl)nc32)[C@H](O)[C@@H]1O)P(=O)(O)O. The van der Waals surface area contributed by atoms with E-state index >= 15 is 0 Å². The van der Waals surface area contributed by atoms with E-state index in [1.54, 1.807) is 0 Å². The first-order valence-electron chi connectivity index (χ1n) is 10.9. The molecule has 2 unspecified atom stereocenters. The number of hydrogen-bond donors (Lipinski definition) is 5. The Morgan fingerprint density at radius 1 is 1.29 bits per heavy atom. The molecular formula is C19H29ClN5O8P. The van der Waals surface area contributed by atoms with E-state index in [1.165, 1.54) is 24.9 Å². The minimum atomic E-state index is -4.72. The van der Waals surface area contributed by atoms with Gasteiger partial charge in [0.1, 0.15) is 24.1 Å². The molecule has 4 rings (SSSR count). The van der Waals surface area contributed by atoms with E-state index in [0.29, 0.717) is 16.9 Å². The largest absolute Gasteiger partial charge is 0.387 e. The van der Waals surface area contributed by atoms with Gasteiger partial charge in [0.25, 0.3) is 0 Å². The summed E-state index contributed by atoms with van der Waals surface area (Å²) in [7, 11) is -3.44. The predicted molar refractivity (Wildman–Crippen MR) is 120 cm³/mol. The molecule has 1 saturated heterocycles. The van der Waals surface area contributed by atoms with Gasteiger partial charge in [0.15, 0.2) is 17.2 Å². The molecule has 2 aromatic rings. The van der Waals surface area contributed by atoms with Crippen LogP contribution in [0.2, 0.25) is 5.28 Å². The maximum Gasteiger partial charge on any atom is 0.359 e. The zero-order valence-electron chi connectivity index (χ0n) is 18.7. The number of rotatable bonds is 9. The van der Waals surface area contributed by atoms with Crippen LogP contribution in [0.1, 0.15) is 38.8 Å². The lowest BCUT2D eigenvalue weighted by Gasteiger charge is -2.31. The highest BCUT2D eigenvalue weighted by atomic mass is 35.5. The number of anilines is 1. The van der Waals surface area contributed by atoms with Crippen LogP contribution in [0.25, 0.3) is 11.0 Å². The summed E-state index contributed by atoms with van der Waals surface area (Å²) in [6, 6.07) is 0.268. The van der Waals surface area contributed by atoms with Gasteiger partial charge in [-0.1, -0.05) is 12.8 Å². The number of halogens is 1. The van der Waals surface area contributed by atoms with Crippen LogP contribution in [0.3, 0.4) is 0 Å². The van der Waals surface area contributed by atoms with Crippen molar-refractivity contribution in [3.8, 4) is 0 Å². The molecule has 3 heterocycles. The fourth-order valence-corrected chi connectivity index (χ4v) is 4.97. The Kier molecular flexibility index (Phi) is 7.49. The molecule has 1 aliphatic heterocycles. The third-order valence-electron chi connectivity index (χ3n) is 6.29. The van der Waals surface area contributed by atoms with Crippen molar-refractivity contribution in [3.63, 3.8) is 0 Å². The van der Waals surface area contributed by atoms with Crippen molar-refractivity contribution >= 4 is 36.0 Å². The van der Waals surface area contributed by atoms with Gasteiger partial charge in [-0.25, -0.2) is 4.68 Å². The van der Waals surface area contributed by atoms with Crippen LogP contribution in [-0.4, -0.2) is 89.8 Å². The van der Waals surface area contributed by atoms with E-state index < -0.39 is 44.1 Å². The summed E-state index contributed by atoms with van der Waals surface area (Å²) in [5, 5.41) is 27.5. The molecule has 0 bridgehead atoms. The summed E-state index contributed by atoms with van der Waals surface area (Å²) >= 11 is 6.15. The van der Waals surface area contributed by atoms with Crippen molar-refractivity contribution in [1.29, 1.82) is 0 Å². The lowest BCUT2D eigenvalue weighted by molar-refractivity contribution is -0.107. The topological polar surface area (TPSA) is 181 Å². The fraction of sp³-hybridized carbons (Fsp3) is 0.737. The van der Waals surface area contributed by atoms with Crippen molar-refractivity contribution in [2.24, 2.45) is 0 Å². The molecule has 2 aromatic heterocycles. The van der Waals surface area contributed by atoms with Gasteiger partial charge in [0, 0.05) is 13.2 Å². The van der Waals surface area contributed by atoms with E-state index in [9.17, 15) is 24.6 Å². The Balaban J connectivity index is 1.55. The normalized spacial score (nSPS) is 28.0. The van der Waals surface area contributed by atoms with Gasteiger partial charge in [-0.2, -0.15) is 15.1 Å². The second kappa shape index (κ2) is 9.92. The molecule has 190 valence electrons. The molecule has 0 aromatic carbocycles. The van der Waals surface area contributed by atoms with Crippen LogP contribution >= 0.6 is 19.2 Å². The number of methoxy groups -OCH3 is 1. The van der Waals surface area contributed by atoms with E-state index in [2.05, 4.69) is 20.4 Å². The third kappa shape index (κ3) is 4.95. The van der Waals surface area contributed by atoms with Crippen molar-refractivity contribution in [1.82, 2.24) is 19.7 Å². The van der Waals surface area contributed by atoms with Crippen LogP contribution < -0.4 is 5.32 Å². The average molecular weight is 522 g/mol. The summed E-state index contributed by atoms with van der Waals surface area (Å²) in [5.74, 6) is 0.526. The zero-order valence-corrected chi connectivity index (χ0v) is 20.4. The Labute approximate surface area is 200 Å². The predicted octanol–water partition coefficient (Wildman–Crippen LogP) is 1.01. The summed E-state index contributed by atoms with van der Waals surface area (Å²) < 4.78 is 29.3. The Bertz CT molecular complexity index is 1060. The second-order valence-corrected chi connectivity index (χ2v) is 11.2. The number of aliphatic hydroxyl groups excluding tert-OH is 2. The molecule has 5 N–H and O–H groups in total. The van der Waals surface area contributed by atoms with Crippen molar-refractivity contribution < 1.29 is 38.8 Å². The van der Waals surface area contributed by atoms with E-state index in [1.807, 2.05) is 0 Å². The van der Waals surface area contributed by atoms with Gasteiger partial charge in [0.05, 0.1) is 24.8 Å². The molecule has 0 radical (unpaired) electrons. The first-order chi connectivity index (χ1) is 16.0. The Morgan fingerprint density at radius 2 is 2.00 bits per heavy atom. The highest BCUT2D eigenvalue weighted by Gasteiger charge is 2.49. The van der Waals surface area contributed by atoms with Crippen LogP contribution in [0.4, 0.5) is 5.82 Å². The maximum absolute atomic E-state index is 11.9. The van der Waals surface area contributed by atoms with E-state index in [-0.39, 0.29) is 17.9 Å². The molecule has 2 aliphatic rings. The van der Waals surface area contributed by atoms with Crippen molar-refractivity contribution in [2.75, 3.05) is 25.6 Å². The fourth-order valence-electron chi connectivity index (χ4n) is 4.27. The van der Waals surface area contributed by atoms with Gasteiger partial charge in [-0.05, 0) is 31.4 Å². The quantitative estimate of drug-likeness (QED) is 0.233. The highest BCUT2D eigenvalue weighted by Crippen LogP contribution is 2.51. The molecule has 1 aliphatic carbocycles. The van der Waals surface area contributed by atoms with Crippen LogP contribution in [-0.2, 0) is 18.8 Å². The monoisotopic (exact) mass is 521 g/mol. The molecule has 15 heteroatoms. The standard InChI is InChI=1S/C19H29ClN5O8P/c1-19(9-31-2,34(28,29)30)32-8-12-13(26)14(27)17(33-12)25-16-11(7-21-25)15(23-18(20)24-16)22-10-5-3-4-6-10/h7,10,12-14,17,26-27H,3-6,8-9H2,1-2H3,(H,22,23,24)(H2,28,29,30)/t12?,13-,14-,17-,19?/m1/s1. The molecular weight excluding hydrogens is 493 g/mol. The third-order valence-corrected chi connectivity index (χ3v) is 7.95. The number of aliphatic hydroxyl groups is 2. The smallest absolute Gasteiger partial charge is 0.359 e. The summed E-state index contributed by atoms with van der Waals surface area (Å²) in [6.45, 7) is 0.399. The van der Waals surface area contributed by atoms with E-state index in [0.717, 1.165) is 25.7 Å². The van der Waals surface area contributed by atoms with Crippen molar-refractivity contribution in [3.05, 3.63) is 11.5 Å². The van der Waals surface area contributed by atoms with Gasteiger partial charge in [0.2, 0.25) is 5.28 Å². The van der Waals surface area contributed by atoms with Crippen LogP contribution in [0.15, 0.2) is 6.20 Å². The number of ether oxygens (including phenoxy) is 3. The molecule has 2 fully saturated rings. The summed E-state index contributed by atoms with van der Waals surface area (Å²) in [5.41, 5.74) is 0.303. The lowest BCUT2D eigenvalue weighted by atomic mass is 10.1. The molecule has 0 amide bonds. The van der Waals surface area contributed by atoms with Crippen LogP contribution in [0.5, 0.6) is 0 Å². The number of fused-ring (bicyclic) bond motifs is 1.